The predicted molar refractivity (Wildman–Crippen MR) is 134 cm³/mol. The van der Waals surface area contributed by atoms with Crippen LogP contribution in [0.5, 0.6) is 11.5 Å². The van der Waals surface area contributed by atoms with Crippen molar-refractivity contribution >= 4 is 22.6 Å². The number of nitrogens with one attached hydrogen (secondary N) is 2. The van der Waals surface area contributed by atoms with E-state index in [0.29, 0.717) is 41.2 Å². The van der Waals surface area contributed by atoms with Gasteiger partial charge in [-0.15, -0.1) is 0 Å². The van der Waals surface area contributed by atoms with Crippen LogP contribution in [0, 0.1) is 0 Å². The van der Waals surface area contributed by atoms with E-state index in [2.05, 4.69) is 15.3 Å². The molecule has 2 N–H and O–H groups in total. The third-order valence-corrected chi connectivity index (χ3v) is 6.03. The van der Waals surface area contributed by atoms with E-state index in [1.807, 2.05) is 6.07 Å². The third kappa shape index (κ3) is 6.05. The molecule has 1 amide bonds. The molecule has 0 aliphatic rings. The first-order valence-electron chi connectivity index (χ1n) is 12.0. The highest BCUT2D eigenvalue weighted by molar-refractivity contribution is 5.90. The molecule has 4 rings (SSSR count). The lowest BCUT2D eigenvalue weighted by Crippen LogP contribution is -2.16. The Morgan fingerprint density at radius 3 is 2.64 bits per heavy atom. The lowest BCUT2D eigenvalue weighted by Gasteiger charge is -2.19. The highest BCUT2D eigenvalue weighted by Crippen LogP contribution is 2.35. The van der Waals surface area contributed by atoms with Gasteiger partial charge in [0.05, 0.1) is 12.1 Å². The molecule has 0 fully saturated rings. The van der Waals surface area contributed by atoms with Crippen molar-refractivity contribution < 1.29 is 22.7 Å². The number of carbonyl (C=O) groups excluding carboxylic acids is 1. The van der Waals surface area contributed by atoms with E-state index in [0.717, 1.165) is 11.0 Å². The number of aromatic nitrogens is 2. The molecule has 0 spiro atoms. The van der Waals surface area contributed by atoms with E-state index >= 15 is 0 Å². The SMILES string of the molecule is CCC(F)(F)c1cc(CCCC(=O)Nc2ccc(Oc3ccnc4[nH]ccc34)cc2)ccc1CCF. The van der Waals surface area contributed by atoms with Crippen molar-refractivity contribution in [2.45, 2.75) is 45.0 Å². The Kier molecular flexibility index (Phi) is 7.93. The Morgan fingerprint density at radius 1 is 1.08 bits per heavy atom. The molecule has 0 saturated heterocycles. The number of aryl methyl sites for hydroxylation is 2. The Hall–Kier alpha value is -3.81. The zero-order valence-electron chi connectivity index (χ0n) is 20.0. The molecule has 5 nitrogen and oxygen atoms in total. The van der Waals surface area contributed by atoms with Crippen LogP contribution in [0.4, 0.5) is 18.9 Å². The van der Waals surface area contributed by atoms with Crippen LogP contribution in [0.25, 0.3) is 11.0 Å². The maximum atomic E-state index is 14.3. The summed E-state index contributed by atoms with van der Waals surface area (Å²) in [4.78, 5) is 19.7. The first-order chi connectivity index (χ1) is 17.4. The fourth-order valence-electron chi connectivity index (χ4n) is 4.06. The number of rotatable bonds is 11. The van der Waals surface area contributed by atoms with E-state index in [4.69, 9.17) is 4.74 Å². The number of amides is 1. The number of nitrogens with zero attached hydrogens (tertiary/aromatic N) is 1. The second-order valence-electron chi connectivity index (χ2n) is 8.57. The summed E-state index contributed by atoms with van der Waals surface area (Å²) in [6.45, 7) is 0.731. The van der Waals surface area contributed by atoms with Gasteiger partial charge in [-0.05, 0) is 66.4 Å². The van der Waals surface area contributed by atoms with Crippen molar-refractivity contribution in [2.75, 3.05) is 12.0 Å². The molecule has 0 saturated carbocycles. The molecule has 2 aromatic heterocycles. The smallest absolute Gasteiger partial charge is 0.273 e. The maximum Gasteiger partial charge on any atom is 0.273 e. The molecule has 0 atom stereocenters. The minimum absolute atomic E-state index is 0.0313. The number of fused-ring (bicyclic) bond motifs is 1. The number of hydrogen-bond donors (Lipinski definition) is 2. The Labute approximate surface area is 207 Å². The van der Waals surface area contributed by atoms with Crippen LogP contribution in [-0.2, 0) is 23.6 Å². The topological polar surface area (TPSA) is 67.0 Å². The summed E-state index contributed by atoms with van der Waals surface area (Å²) in [5.74, 6) is -1.87. The molecule has 0 radical (unpaired) electrons. The second kappa shape index (κ2) is 11.3. The number of pyridine rings is 1. The van der Waals surface area contributed by atoms with Gasteiger partial charge in [0.25, 0.3) is 5.92 Å². The molecule has 0 unspecified atom stereocenters. The average molecular weight is 496 g/mol. The zero-order chi connectivity index (χ0) is 25.5. The predicted octanol–water partition coefficient (Wildman–Crippen LogP) is 7.33. The summed E-state index contributed by atoms with van der Waals surface area (Å²) in [5.41, 5.74) is 2.30. The molecular weight excluding hydrogens is 467 g/mol. The number of halogens is 3. The highest BCUT2D eigenvalue weighted by atomic mass is 19.3. The van der Waals surface area contributed by atoms with E-state index < -0.39 is 12.6 Å². The molecule has 0 aliphatic heterocycles. The molecule has 0 aliphatic carbocycles. The number of alkyl halides is 3. The third-order valence-electron chi connectivity index (χ3n) is 6.03. The maximum absolute atomic E-state index is 14.3. The van der Waals surface area contributed by atoms with Crippen molar-refractivity contribution in [2.24, 2.45) is 0 Å². The van der Waals surface area contributed by atoms with Crippen molar-refractivity contribution in [3.8, 4) is 11.5 Å². The normalized spacial score (nSPS) is 11.6. The number of H-pyrrole nitrogens is 1. The van der Waals surface area contributed by atoms with Gasteiger partial charge in [0.15, 0.2) is 0 Å². The van der Waals surface area contributed by atoms with E-state index in [1.54, 1.807) is 54.9 Å². The Morgan fingerprint density at radius 2 is 1.89 bits per heavy atom. The summed E-state index contributed by atoms with van der Waals surface area (Å²) in [6.07, 6.45) is 4.30. The fraction of sp³-hybridized carbons (Fsp3) is 0.286. The van der Waals surface area contributed by atoms with Crippen molar-refractivity contribution in [1.82, 2.24) is 9.97 Å². The number of hydrogen-bond acceptors (Lipinski definition) is 3. The molecule has 4 aromatic rings. The van der Waals surface area contributed by atoms with Gasteiger partial charge in [0.2, 0.25) is 5.91 Å². The van der Waals surface area contributed by atoms with Gasteiger partial charge in [-0.25, -0.2) is 13.8 Å². The van der Waals surface area contributed by atoms with Crippen LogP contribution in [0.1, 0.15) is 42.9 Å². The standard InChI is InChI=1S/C28H28F3N3O2/c1-2-28(30,31)24-18-19(6-7-20(24)12-15-29)4-3-5-26(35)34-21-8-10-22(11-9-21)36-25-14-17-33-27-23(25)13-16-32-27/h6-11,13-14,16-18H,2-5,12,15H2,1H3,(H,32,33)(H,34,35). The first kappa shape index (κ1) is 25.3. The molecule has 8 heteroatoms. The highest BCUT2D eigenvalue weighted by Gasteiger charge is 2.31. The Balaban J connectivity index is 1.30. The van der Waals surface area contributed by atoms with Crippen LogP contribution in [0.15, 0.2) is 67.0 Å². The zero-order valence-corrected chi connectivity index (χ0v) is 20.0. The molecule has 0 bridgehead atoms. The largest absolute Gasteiger partial charge is 0.457 e. The summed E-state index contributed by atoms with van der Waals surface area (Å²) >= 11 is 0. The molecule has 188 valence electrons. The lowest BCUT2D eigenvalue weighted by molar-refractivity contribution is -0.116. The summed E-state index contributed by atoms with van der Waals surface area (Å²) in [5, 5.41) is 3.72. The van der Waals surface area contributed by atoms with E-state index in [9.17, 15) is 18.0 Å². The summed E-state index contributed by atoms with van der Waals surface area (Å²) < 4.78 is 47.4. The van der Waals surface area contributed by atoms with Crippen LogP contribution >= 0.6 is 0 Å². The lowest BCUT2D eigenvalue weighted by atomic mass is 9.94. The number of anilines is 1. The number of carbonyl (C=O) groups is 1. The minimum atomic E-state index is -3.00. The van der Waals surface area contributed by atoms with Gasteiger partial charge in [-0.3, -0.25) is 9.18 Å². The Bertz CT molecular complexity index is 1320. The molecule has 2 heterocycles. The average Bonchev–Trinajstić information content (AvgIpc) is 3.36. The van der Waals surface area contributed by atoms with Gasteiger partial charge in [0.1, 0.15) is 17.1 Å². The van der Waals surface area contributed by atoms with Crippen LogP contribution in [0.2, 0.25) is 0 Å². The first-order valence-corrected chi connectivity index (χ1v) is 12.0. The molecule has 2 aromatic carbocycles. The van der Waals surface area contributed by atoms with E-state index in [-0.39, 0.29) is 30.7 Å². The number of ether oxygens (including phenoxy) is 1. The van der Waals surface area contributed by atoms with Gasteiger partial charge < -0.3 is 15.0 Å². The number of aromatic amines is 1. The van der Waals surface area contributed by atoms with Crippen molar-refractivity contribution in [1.29, 1.82) is 0 Å². The van der Waals surface area contributed by atoms with Crippen LogP contribution < -0.4 is 10.1 Å². The van der Waals surface area contributed by atoms with Crippen molar-refractivity contribution in [3.63, 3.8) is 0 Å². The van der Waals surface area contributed by atoms with Gasteiger partial charge >= 0.3 is 0 Å². The fourth-order valence-corrected chi connectivity index (χ4v) is 4.06. The quantitative estimate of drug-likeness (QED) is 0.229. The number of benzene rings is 2. The molecular formula is C28H28F3N3O2. The van der Waals surface area contributed by atoms with Crippen molar-refractivity contribution in [3.05, 3.63) is 83.7 Å². The van der Waals surface area contributed by atoms with Gasteiger partial charge in [0, 0.05) is 42.9 Å². The van der Waals surface area contributed by atoms with Gasteiger partial charge in [-0.2, -0.15) is 0 Å². The minimum Gasteiger partial charge on any atom is -0.457 e. The van der Waals surface area contributed by atoms with Gasteiger partial charge in [-0.1, -0.05) is 19.1 Å². The van der Waals surface area contributed by atoms with Crippen LogP contribution in [0.3, 0.4) is 0 Å². The summed E-state index contributed by atoms with van der Waals surface area (Å²) in [6, 6.07) is 15.5. The summed E-state index contributed by atoms with van der Waals surface area (Å²) in [7, 11) is 0. The monoisotopic (exact) mass is 495 g/mol. The van der Waals surface area contributed by atoms with E-state index in [1.165, 1.54) is 13.0 Å². The molecule has 36 heavy (non-hydrogen) atoms. The second-order valence-corrected chi connectivity index (χ2v) is 8.57. The van der Waals surface area contributed by atoms with Crippen LogP contribution in [-0.4, -0.2) is 22.5 Å².